The summed E-state index contributed by atoms with van der Waals surface area (Å²) in [7, 11) is 0. The second-order valence-electron chi connectivity index (χ2n) is 6.07. The number of nitrogens with zero attached hydrogens (tertiary/aromatic N) is 1. The standard InChI is InChI=1S/C16H21ClN2S/c1-16(2,3)14-10-20-15(19-14)8-12(9-18)11-5-4-6-13(17)7-11/h4-7,10,12H,8-9,18H2,1-3H3. The van der Waals surface area contributed by atoms with Crippen LogP contribution in [0.5, 0.6) is 0 Å². The molecule has 1 heterocycles. The molecule has 4 heteroatoms. The molecular weight excluding hydrogens is 288 g/mol. The summed E-state index contributed by atoms with van der Waals surface area (Å²) in [6.45, 7) is 7.15. The van der Waals surface area contributed by atoms with E-state index in [1.54, 1.807) is 11.3 Å². The van der Waals surface area contributed by atoms with Gasteiger partial charge in [-0.3, -0.25) is 0 Å². The first-order valence-corrected chi connectivity index (χ1v) is 8.06. The minimum atomic E-state index is 0.100. The van der Waals surface area contributed by atoms with Gasteiger partial charge in [0.05, 0.1) is 10.7 Å². The van der Waals surface area contributed by atoms with E-state index in [1.807, 2.05) is 18.2 Å². The zero-order valence-electron chi connectivity index (χ0n) is 12.2. The van der Waals surface area contributed by atoms with Gasteiger partial charge in [0, 0.05) is 28.2 Å². The van der Waals surface area contributed by atoms with Gasteiger partial charge in [-0.05, 0) is 24.2 Å². The first-order valence-electron chi connectivity index (χ1n) is 6.80. The van der Waals surface area contributed by atoms with Crippen molar-refractivity contribution in [2.75, 3.05) is 6.54 Å². The maximum atomic E-state index is 6.06. The van der Waals surface area contributed by atoms with Crippen molar-refractivity contribution in [3.8, 4) is 0 Å². The van der Waals surface area contributed by atoms with E-state index in [4.69, 9.17) is 22.3 Å². The molecule has 2 nitrogen and oxygen atoms in total. The molecule has 0 saturated heterocycles. The Kier molecular flexibility index (Phi) is 4.84. The van der Waals surface area contributed by atoms with Gasteiger partial charge in [-0.15, -0.1) is 11.3 Å². The molecule has 2 N–H and O–H groups in total. The first-order chi connectivity index (χ1) is 9.40. The van der Waals surface area contributed by atoms with Crippen molar-refractivity contribution in [1.82, 2.24) is 4.98 Å². The van der Waals surface area contributed by atoms with Crippen molar-refractivity contribution in [3.05, 3.63) is 50.9 Å². The van der Waals surface area contributed by atoms with Gasteiger partial charge in [-0.1, -0.05) is 44.5 Å². The second kappa shape index (κ2) is 6.25. The molecule has 0 fully saturated rings. The fourth-order valence-corrected chi connectivity index (χ4v) is 3.36. The van der Waals surface area contributed by atoms with Crippen LogP contribution in [0, 0.1) is 0 Å². The molecule has 20 heavy (non-hydrogen) atoms. The van der Waals surface area contributed by atoms with Crippen molar-refractivity contribution in [1.29, 1.82) is 0 Å². The maximum absolute atomic E-state index is 6.06. The number of benzene rings is 1. The quantitative estimate of drug-likeness (QED) is 0.910. The van der Waals surface area contributed by atoms with Crippen LogP contribution in [0.3, 0.4) is 0 Å². The highest BCUT2D eigenvalue weighted by atomic mass is 35.5. The molecule has 0 aliphatic rings. The molecule has 1 unspecified atom stereocenters. The van der Waals surface area contributed by atoms with Gasteiger partial charge in [0.15, 0.2) is 0 Å². The van der Waals surface area contributed by atoms with Crippen molar-refractivity contribution in [2.24, 2.45) is 5.73 Å². The number of hydrogen-bond donors (Lipinski definition) is 1. The van der Waals surface area contributed by atoms with Gasteiger partial charge >= 0.3 is 0 Å². The number of nitrogens with two attached hydrogens (primary N) is 1. The Labute approximate surface area is 130 Å². The molecule has 0 aliphatic carbocycles. The number of rotatable bonds is 4. The lowest BCUT2D eigenvalue weighted by Crippen LogP contribution is -2.16. The van der Waals surface area contributed by atoms with Crippen LogP contribution >= 0.6 is 22.9 Å². The molecule has 0 amide bonds. The van der Waals surface area contributed by atoms with E-state index in [2.05, 4.69) is 32.2 Å². The highest BCUT2D eigenvalue weighted by molar-refractivity contribution is 7.09. The third-order valence-electron chi connectivity index (χ3n) is 3.35. The molecule has 1 aromatic carbocycles. The Balaban J connectivity index is 2.16. The smallest absolute Gasteiger partial charge is 0.0935 e. The average molecular weight is 309 g/mol. The predicted octanol–water partition coefficient (Wildman–Crippen LogP) is 4.38. The lowest BCUT2D eigenvalue weighted by Gasteiger charge is -2.15. The average Bonchev–Trinajstić information content (AvgIpc) is 2.84. The van der Waals surface area contributed by atoms with E-state index in [9.17, 15) is 0 Å². The fourth-order valence-electron chi connectivity index (χ4n) is 2.06. The summed E-state index contributed by atoms with van der Waals surface area (Å²) in [6, 6.07) is 7.95. The van der Waals surface area contributed by atoms with Crippen LogP contribution in [-0.4, -0.2) is 11.5 Å². The van der Waals surface area contributed by atoms with Crippen molar-refractivity contribution in [3.63, 3.8) is 0 Å². The second-order valence-corrected chi connectivity index (χ2v) is 7.45. The summed E-state index contributed by atoms with van der Waals surface area (Å²) in [5.74, 6) is 0.271. The van der Waals surface area contributed by atoms with E-state index in [-0.39, 0.29) is 11.3 Å². The maximum Gasteiger partial charge on any atom is 0.0935 e. The zero-order valence-corrected chi connectivity index (χ0v) is 13.8. The summed E-state index contributed by atoms with van der Waals surface area (Å²) in [5, 5.41) is 4.06. The predicted molar refractivity (Wildman–Crippen MR) is 87.8 cm³/mol. The third kappa shape index (κ3) is 3.81. The minimum absolute atomic E-state index is 0.100. The summed E-state index contributed by atoms with van der Waals surface area (Å²) in [4.78, 5) is 4.75. The lowest BCUT2D eigenvalue weighted by atomic mass is 9.93. The monoisotopic (exact) mass is 308 g/mol. The van der Waals surface area contributed by atoms with Crippen LogP contribution in [0.2, 0.25) is 5.02 Å². The Bertz CT molecular complexity index is 572. The molecule has 108 valence electrons. The molecule has 0 bridgehead atoms. The van der Waals surface area contributed by atoms with Gasteiger partial charge in [0.25, 0.3) is 0 Å². The Hall–Kier alpha value is -0.900. The summed E-state index contributed by atoms with van der Waals surface area (Å²) in [6.07, 6.45) is 0.873. The molecular formula is C16H21ClN2S. The molecule has 1 aromatic heterocycles. The topological polar surface area (TPSA) is 38.9 Å². The number of aromatic nitrogens is 1. The molecule has 2 rings (SSSR count). The summed E-state index contributed by atoms with van der Waals surface area (Å²) < 4.78 is 0. The molecule has 0 aliphatic heterocycles. The molecule has 0 spiro atoms. The number of thiazole rings is 1. The molecule has 1 atom stereocenters. The van der Waals surface area contributed by atoms with Crippen LogP contribution in [0.4, 0.5) is 0 Å². The molecule has 0 saturated carbocycles. The van der Waals surface area contributed by atoms with Crippen molar-refractivity contribution >= 4 is 22.9 Å². The van der Waals surface area contributed by atoms with Crippen LogP contribution in [-0.2, 0) is 11.8 Å². The van der Waals surface area contributed by atoms with Gasteiger partial charge in [-0.2, -0.15) is 0 Å². The van der Waals surface area contributed by atoms with Gasteiger partial charge < -0.3 is 5.73 Å². The van der Waals surface area contributed by atoms with Crippen molar-refractivity contribution < 1.29 is 0 Å². The summed E-state index contributed by atoms with van der Waals surface area (Å²) in [5.41, 5.74) is 8.37. The molecule has 2 aromatic rings. The van der Waals surface area contributed by atoms with E-state index in [1.165, 1.54) is 5.56 Å². The first kappa shape index (κ1) is 15.5. The highest BCUT2D eigenvalue weighted by Crippen LogP contribution is 2.28. The van der Waals surface area contributed by atoms with Crippen LogP contribution < -0.4 is 5.73 Å². The van der Waals surface area contributed by atoms with Crippen LogP contribution in [0.1, 0.15) is 43.0 Å². The Morgan fingerprint density at radius 1 is 1.35 bits per heavy atom. The molecule has 0 radical (unpaired) electrons. The fraction of sp³-hybridized carbons (Fsp3) is 0.438. The normalized spacial score (nSPS) is 13.4. The van der Waals surface area contributed by atoms with Crippen molar-refractivity contribution in [2.45, 2.75) is 38.5 Å². The Morgan fingerprint density at radius 2 is 2.10 bits per heavy atom. The minimum Gasteiger partial charge on any atom is -0.330 e. The van der Waals surface area contributed by atoms with E-state index < -0.39 is 0 Å². The number of halogens is 1. The van der Waals surface area contributed by atoms with Gasteiger partial charge in [0.2, 0.25) is 0 Å². The lowest BCUT2D eigenvalue weighted by molar-refractivity contribution is 0.568. The van der Waals surface area contributed by atoms with Crippen LogP contribution in [0.15, 0.2) is 29.6 Å². The zero-order chi connectivity index (χ0) is 14.8. The number of hydrogen-bond acceptors (Lipinski definition) is 3. The third-order valence-corrected chi connectivity index (χ3v) is 4.45. The Morgan fingerprint density at radius 3 is 2.65 bits per heavy atom. The van der Waals surface area contributed by atoms with Crippen LogP contribution in [0.25, 0.3) is 0 Å². The van der Waals surface area contributed by atoms with Gasteiger partial charge in [0.1, 0.15) is 0 Å². The summed E-state index contributed by atoms with van der Waals surface area (Å²) >= 11 is 7.78. The van der Waals surface area contributed by atoms with E-state index in [0.717, 1.165) is 22.1 Å². The highest BCUT2D eigenvalue weighted by Gasteiger charge is 2.19. The largest absolute Gasteiger partial charge is 0.330 e. The van der Waals surface area contributed by atoms with E-state index >= 15 is 0 Å². The van der Waals surface area contributed by atoms with E-state index in [0.29, 0.717) is 6.54 Å². The van der Waals surface area contributed by atoms with Gasteiger partial charge in [-0.25, -0.2) is 4.98 Å². The SMILES string of the molecule is CC(C)(C)c1csc(CC(CN)c2cccc(Cl)c2)n1.